The molecule has 0 radical (unpaired) electrons. The molecule has 35 heavy (non-hydrogen) atoms. The molecule has 1 unspecified atom stereocenters. The molecule has 0 N–H and O–H groups in total. The van der Waals surface area contributed by atoms with E-state index >= 15 is 0 Å². The highest BCUT2D eigenvalue weighted by atomic mass is 16.5. The average molecular weight is 470 g/mol. The van der Waals surface area contributed by atoms with Gasteiger partial charge in [0.15, 0.2) is 6.61 Å². The Morgan fingerprint density at radius 3 is 2.23 bits per heavy atom. The van der Waals surface area contributed by atoms with Crippen LogP contribution in [0.1, 0.15) is 38.2 Å². The Morgan fingerprint density at radius 1 is 0.914 bits per heavy atom. The van der Waals surface area contributed by atoms with E-state index in [2.05, 4.69) is 13.8 Å². The van der Waals surface area contributed by atoms with Crippen molar-refractivity contribution in [2.24, 2.45) is 5.92 Å². The molecule has 0 aliphatic rings. The second kappa shape index (κ2) is 11.0. The Kier molecular flexibility index (Phi) is 7.60. The summed E-state index contributed by atoms with van der Waals surface area (Å²) in [6, 6.07) is 26.0. The van der Waals surface area contributed by atoms with E-state index in [9.17, 15) is 9.59 Å². The lowest BCUT2D eigenvalue weighted by molar-refractivity contribution is -0.136. The van der Waals surface area contributed by atoms with Gasteiger partial charge in [-0.3, -0.25) is 14.2 Å². The third kappa shape index (κ3) is 5.77. The molecular weight excluding hydrogens is 438 g/mol. The summed E-state index contributed by atoms with van der Waals surface area (Å²) in [4.78, 5) is 33.6. The molecule has 0 saturated heterocycles. The van der Waals surface area contributed by atoms with E-state index in [0.29, 0.717) is 35.6 Å². The summed E-state index contributed by atoms with van der Waals surface area (Å²) in [5, 5.41) is 0.563. The number of para-hydroxylation sites is 2. The first-order valence-electron chi connectivity index (χ1n) is 11.9. The zero-order valence-electron chi connectivity index (χ0n) is 20.4. The van der Waals surface area contributed by atoms with Crippen LogP contribution < -0.4 is 10.3 Å². The van der Waals surface area contributed by atoms with Crippen LogP contribution in [0.2, 0.25) is 0 Å². The minimum atomic E-state index is -0.426. The number of nitrogens with zero attached hydrogens (tertiary/aromatic N) is 3. The van der Waals surface area contributed by atoms with Crippen molar-refractivity contribution in [1.82, 2.24) is 14.5 Å². The van der Waals surface area contributed by atoms with Gasteiger partial charge in [0, 0.05) is 6.54 Å². The Bertz CT molecular complexity index is 1330. The van der Waals surface area contributed by atoms with Crippen LogP contribution in [0.3, 0.4) is 0 Å². The molecule has 0 aliphatic carbocycles. The summed E-state index contributed by atoms with van der Waals surface area (Å²) in [5.74, 6) is 1.28. The normalized spacial score (nSPS) is 12.0. The van der Waals surface area contributed by atoms with Gasteiger partial charge in [-0.15, -0.1) is 0 Å². The largest absolute Gasteiger partial charge is 0.484 e. The van der Waals surface area contributed by atoms with Crippen LogP contribution in [0.4, 0.5) is 0 Å². The van der Waals surface area contributed by atoms with Gasteiger partial charge in [-0.25, -0.2) is 4.98 Å². The van der Waals surface area contributed by atoms with E-state index in [0.717, 1.165) is 5.56 Å². The highest BCUT2D eigenvalue weighted by molar-refractivity contribution is 5.79. The second-order valence-corrected chi connectivity index (χ2v) is 9.08. The first kappa shape index (κ1) is 24.2. The summed E-state index contributed by atoms with van der Waals surface area (Å²) in [7, 11) is 0. The zero-order chi connectivity index (χ0) is 24.8. The maximum Gasteiger partial charge on any atom is 0.261 e. The van der Waals surface area contributed by atoms with Gasteiger partial charge in [0.2, 0.25) is 0 Å². The molecule has 1 aromatic heterocycles. The van der Waals surface area contributed by atoms with Gasteiger partial charge in [-0.1, -0.05) is 74.5 Å². The highest BCUT2D eigenvalue weighted by Gasteiger charge is 2.27. The summed E-state index contributed by atoms with van der Waals surface area (Å²) in [5.41, 5.74) is 1.51. The molecule has 4 aromatic rings. The first-order valence-corrected chi connectivity index (χ1v) is 11.9. The van der Waals surface area contributed by atoms with Gasteiger partial charge in [0.25, 0.3) is 11.5 Å². The monoisotopic (exact) mass is 469 g/mol. The number of benzene rings is 3. The van der Waals surface area contributed by atoms with Gasteiger partial charge in [-0.05, 0) is 42.7 Å². The van der Waals surface area contributed by atoms with Crippen LogP contribution in [0, 0.1) is 5.92 Å². The minimum absolute atomic E-state index is 0.0857. The van der Waals surface area contributed by atoms with Crippen molar-refractivity contribution >= 4 is 16.8 Å². The molecule has 6 heteroatoms. The second-order valence-electron chi connectivity index (χ2n) is 9.08. The number of rotatable bonds is 9. The first-order chi connectivity index (χ1) is 16.9. The fourth-order valence-electron chi connectivity index (χ4n) is 4.18. The van der Waals surface area contributed by atoms with Crippen molar-refractivity contribution in [3.8, 4) is 5.75 Å². The molecule has 1 heterocycles. The van der Waals surface area contributed by atoms with E-state index in [4.69, 9.17) is 9.72 Å². The number of aromatic nitrogens is 2. The molecule has 0 spiro atoms. The molecule has 180 valence electrons. The van der Waals surface area contributed by atoms with Crippen LogP contribution in [0.25, 0.3) is 10.9 Å². The van der Waals surface area contributed by atoms with Crippen LogP contribution >= 0.6 is 0 Å². The van der Waals surface area contributed by atoms with E-state index in [1.54, 1.807) is 15.5 Å². The summed E-state index contributed by atoms with van der Waals surface area (Å²) < 4.78 is 7.45. The lowest BCUT2D eigenvalue weighted by atomic mass is 10.1. The molecule has 0 fully saturated rings. The fourth-order valence-corrected chi connectivity index (χ4v) is 4.18. The van der Waals surface area contributed by atoms with Crippen molar-refractivity contribution in [3.63, 3.8) is 0 Å². The van der Waals surface area contributed by atoms with Crippen LogP contribution in [-0.2, 0) is 11.3 Å². The molecule has 1 atom stereocenters. The van der Waals surface area contributed by atoms with E-state index in [-0.39, 0.29) is 24.0 Å². The number of carbonyl (C=O) groups excluding carboxylic acids is 1. The average Bonchev–Trinajstić information content (AvgIpc) is 2.88. The van der Waals surface area contributed by atoms with Gasteiger partial charge in [0.05, 0.1) is 23.5 Å². The Morgan fingerprint density at radius 2 is 1.54 bits per heavy atom. The maximum absolute atomic E-state index is 13.6. The van der Waals surface area contributed by atoms with Crippen molar-refractivity contribution < 1.29 is 9.53 Å². The van der Waals surface area contributed by atoms with Crippen LogP contribution in [-0.4, -0.2) is 33.5 Å². The van der Waals surface area contributed by atoms with Crippen molar-refractivity contribution in [3.05, 3.63) is 107 Å². The minimum Gasteiger partial charge on any atom is -0.484 e. The van der Waals surface area contributed by atoms with Gasteiger partial charge in [-0.2, -0.15) is 0 Å². The standard InChI is InChI=1S/C29H31N3O3/c1-21(2)18-31(27(33)20-35-24-14-8-5-9-15-24)22(3)28-30-26-17-11-10-16-25(26)29(34)32(28)19-23-12-6-4-7-13-23/h4-17,21-22H,18-20H2,1-3H3. The lowest BCUT2D eigenvalue weighted by Crippen LogP contribution is -2.42. The molecule has 0 aliphatic heterocycles. The molecule has 3 aromatic carbocycles. The Hall–Kier alpha value is -3.93. The third-order valence-electron chi connectivity index (χ3n) is 5.90. The SMILES string of the molecule is CC(C)CN(C(=O)COc1ccccc1)C(C)c1nc2ccccc2c(=O)n1Cc1ccccc1. The van der Waals surface area contributed by atoms with Crippen molar-refractivity contribution in [2.75, 3.05) is 13.2 Å². The number of amides is 1. The highest BCUT2D eigenvalue weighted by Crippen LogP contribution is 2.23. The predicted molar refractivity (Wildman–Crippen MR) is 138 cm³/mol. The molecule has 1 amide bonds. The van der Waals surface area contributed by atoms with Crippen molar-refractivity contribution in [2.45, 2.75) is 33.4 Å². The van der Waals surface area contributed by atoms with Gasteiger partial charge >= 0.3 is 0 Å². The molecular formula is C29H31N3O3. The number of ether oxygens (including phenoxy) is 1. The zero-order valence-corrected chi connectivity index (χ0v) is 20.4. The predicted octanol–water partition coefficient (Wildman–Crippen LogP) is 5.07. The number of fused-ring (bicyclic) bond motifs is 1. The Balaban J connectivity index is 1.72. The Labute approximate surface area is 205 Å². The smallest absolute Gasteiger partial charge is 0.261 e. The number of carbonyl (C=O) groups is 1. The third-order valence-corrected chi connectivity index (χ3v) is 5.90. The van der Waals surface area contributed by atoms with E-state index in [1.807, 2.05) is 85.8 Å². The van der Waals surface area contributed by atoms with Crippen LogP contribution in [0.15, 0.2) is 89.7 Å². The fraction of sp³-hybridized carbons (Fsp3) is 0.276. The molecule has 6 nitrogen and oxygen atoms in total. The quantitative estimate of drug-likeness (QED) is 0.343. The summed E-state index contributed by atoms with van der Waals surface area (Å²) in [6.45, 7) is 6.87. The lowest BCUT2D eigenvalue weighted by Gasteiger charge is -2.32. The van der Waals surface area contributed by atoms with Gasteiger partial charge < -0.3 is 9.64 Å². The van der Waals surface area contributed by atoms with Gasteiger partial charge in [0.1, 0.15) is 11.6 Å². The number of hydrogen-bond acceptors (Lipinski definition) is 4. The maximum atomic E-state index is 13.6. The molecule has 0 bridgehead atoms. The van der Waals surface area contributed by atoms with E-state index < -0.39 is 6.04 Å². The summed E-state index contributed by atoms with van der Waals surface area (Å²) in [6.07, 6.45) is 0. The molecule has 0 saturated carbocycles. The number of hydrogen-bond donors (Lipinski definition) is 0. The van der Waals surface area contributed by atoms with Crippen LogP contribution in [0.5, 0.6) is 5.75 Å². The van der Waals surface area contributed by atoms with E-state index in [1.165, 1.54) is 0 Å². The summed E-state index contributed by atoms with van der Waals surface area (Å²) >= 11 is 0. The van der Waals surface area contributed by atoms with Crippen molar-refractivity contribution in [1.29, 1.82) is 0 Å². The topological polar surface area (TPSA) is 64.4 Å². The molecule has 4 rings (SSSR count).